The maximum Gasteiger partial charge on any atom is 0.162 e. The van der Waals surface area contributed by atoms with E-state index >= 15 is 0 Å². The highest BCUT2D eigenvalue weighted by molar-refractivity contribution is 5.77. The molecule has 0 unspecified atom stereocenters. The van der Waals surface area contributed by atoms with Crippen LogP contribution in [0, 0.1) is 6.92 Å². The number of rotatable bonds is 6. The number of benzene rings is 2. The van der Waals surface area contributed by atoms with Crippen molar-refractivity contribution >= 4 is 23.2 Å². The lowest BCUT2D eigenvalue weighted by Crippen LogP contribution is -2.11. The second kappa shape index (κ2) is 8.87. The van der Waals surface area contributed by atoms with E-state index in [1.807, 2.05) is 19.1 Å². The van der Waals surface area contributed by atoms with E-state index in [2.05, 4.69) is 63.1 Å². The first-order chi connectivity index (χ1) is 15.7. The summed E-state index contributed by atoms with van der Waals surface area (Å²) in [6.07, 6.45) is 12.9. The van der Waals surface area contributed by atoms with E-state index in [-0.39, 0.29) is 0 Å². The van der Waals surface area contributed by atoms with Crippen LogP contribution in [-0.4, -0.2) is 27.7 Å². The van der Waals surface area contributed by atoms with Crippen molar-refractivity contribution < 1.29 is 9.47 Å². The molecule has 1 saturated carbocycles. The summed E-state index contributed by atoms with van der Waals surface area (Å²) in [6.45, 7) is 2.02. The van der Waals surface area contributed by atoms with Crippen molar-refractivity contribution in [2.45, 2.75) is 38.7 Å². The Labute approximate surface area is 188 Å². The Bertz CT molecular complexity index is 1250. The van der Waals surface area contributed by atoms with Gasteiger partial charge in [0, 0.05) is 11.9 Å². The van der Waals surface area contributed by atoms with Crippen LogP contribution in [0.4, 0.5) is 0 Å². The molecule has 2 aromatic heterocycles. The maximum atomic E-state index is 6.22. The zero-order valence-corrected chi connectivity index (χ0v) is 18.5. The van der Waals surface area contributed by atoms with Crippen molar-refractivity contribution in [3.8, 4) is 17.2 Å². The molecule has 4 aromatic rings. The molecule has 162 valence electrons. The van der Waals surface area contributed by atoms with E-state index in [0.717, 1.165) is 58.0 Å². The van der Waals surface area contributed by atoms with Crippen molar-refractivity contribution in [1.29, 1.82) is 0 Å². The second-order valence-corrected chi connectivity index (χ2v) is 8.22. The second-order valence-electron chi connectivity index (χ2n) is 8.22. The van der Waals surface area contributed by atoms with E-state index in [0.29, 0.717) is 6.10 Å². The standard InChI is InChI=1S/C27H27N3O2/c1-19-29-24-18-28-16-15-25(24)30(19)22-12-9-20(10-13-22)7-8-21-11-14-26(31-2)27(17-21)32-23-5-3-4-6-23/h7-18,23H,3-6H2,1-2H3/b8-7+. The van der Waals surface area contributed by atoms with Gasteiger partial charge >= 0.3 is 0 Å². The first-order valence-electron chi connectivity index (χ1n) is 11.1. The lowest BCUT2D eigenvalue weighted by atomic mass is 10.1. The number of hydrogen-bond donors (Lipinski definition) is 0. The third-order valence-corrected chi connectivity index (χ3v) is 6.03. The van der Waals surface area contributed by atoms with Gasteiger partial charge in [-0.15, -0.1) is 0 Å². The normalized spacial score (nSPS) is 14.4. The zero-order valence-electron chi connectivity index (χ0n) is 18.5. The molecule has 1 fully saturated rings. The molecule has 5 rings (SSSR count). The minimum atomic E-state index is 0.300. The van der Waals surface area contributed by atoms with Crippen molar-refractivity contribution in [1.82, 2.24) is 14.5 Å². The molecule has 2 heterocycles. The van der Waals surface area contributed by atoms with Gasteiger partial charge in [-0.05, 0) is 74.1 Å². The van der Waals surface area contributed by atoms with Crippen LogP contribution in [0.2, 0.25) is 0 Å². The quantitative estimate of drug-likeness (QED) is 0.344. The molecular formula is C27H27N3O2. The van der Waals surface area contributed by atoms with Gasteiger partial charge in [0.15, 0.2) is 11.5 Å². The Morgan fingerprint density at radius 2 is 1.69 bits per heavy atom. The van der Waals surface area contributed by atoms with Crippen LogP contribution in [0.15, 0.2) is 60.9 Å². The van der Waals surface area contributed by atoms with E-state index < -0.39 is 0 Å². The molecule has 0 bridgehead atoms. The maximum absolute atomic E-state index is 6.22. The van der Waals surface area contributed by atoms with Crippen LogP contribution in [-0.2, 0) is 0 Å². The number of aryl methyl sites for hydroxylation is 1. The molecule has 0 spiro atoms. The Morgan fingerprint density at radius 3 is 2.47 bits per heavy atom. The van der Waals surface area contributed by atoms with Crippen molar-refractivity contribution in [2.75, 3.05) is 7.11 Å². The average Bonchev–Trinajstić information content (AvgIpc) is 3.45. The van der Waals surface area contributed by atoms with E-state index in [1.165, 1.54) is 12.8 Å². The number of imidazole rings is 1. The van der Waals surface area contributed by atoms with Crippen LogP contribution >= 0.6 is 0 Å². The van der Waals surface area contributed by atoms with Crippen LogP contribution in [0.3, 0.4) is 0 Å². The van der Waals surface area contributed by atoms with Crippen LogP contribution < -0.4 is 9.47 Å². The smallest absolute Gasteiger partial charge is 0.162 e. The summed E-state index contributed by atoms with van der Waals surface area (Å²) < 4.78 is 13.9. The SMILES string of the molecule is COc1ccc(/C=C/c2ccc(-n3c(C)nc4cnccc43)cc2)cc1OC1CCCC1. The Balaban J connectivity index is 1.36. The Kier molecular flexibility index (Phi) is 5.63. The Hall–Kier alpha value is -3.60. The Morgan fingerprint density at radius 1 is 0.938 bits per heavy atom. The minimum absolute atomic E-state index is 0.300. The highest BCUT2D eigenvalue weighted by Gasteiger charge is 2.18. The predicted molar refractivity (Wildman–Crippen MR) is 128 cm³/mol. The molecule has 0 atom stereocenters. The van der Waals surface area contributed by atoms with Gasteiger partial charge in [0.25, 0.3) is 0 Å². The summed E-state index contributed by atoms with van der Waals surface area (Å²) in [5, 5.41) is 0. The summed E-state index contributed by atoms with van der Waals surface area (Å²) in [5.41, 5.74) is 5.28. The van der Waals surface area contributed by atoms with E-state index in [4.69, 9.17) is 9.47 Å². The molecule has 1 aliphatic rings. The lowest BCUT2D eigenvalue weighted by Gasteiger charge is -2.16. The van der Waals surface area contributed by atoms with Gasteiger partial charge in [-0.2, -0.15) is 0 Å². The monoisotopic (exact) mass is 425 g/mol. The summed E-state index contributed by atoms with van der Waals surface area (Å²) >= 11 is 0. The van der Waals surface area contributed by atoms with Gasteiger partial charge < -0.3 is 9.47 Å². The fraction of sp³-hybridized carbons (Fsp3) is 0.259. The molecule has 5 nitrogen and oxygen atoms in total. The van der Waals surface area contributed by atoms with Gasteiger partial charge in [-0.25, -0.2) is 4.98 Å². The molecule has 2 aromatic carbocycles. The molecule has 0 amide bonds. The molecule has 5 heteroatoms. The summed E-state index contributed by atoms with van der Waals surface area (Å²) in [4.78, 5) is 8.78. The average molecular weight is 426 g/mol. The van der Waals surface area contributed by atoms with Crippen molar-refractivity contribution in [3.63, 3.8) is 0 Å². The fourth-order valence-electron chi connectivity index (χ4n) is 4.38. The summed E-state index contributed by atoms with van der Waals surface area (Å²) in [6, 6.07) is 16.6. The van der Waals surface area contributed by atoms with Crippen LogP contribution in [0.25, 0.3) is 28.9 Å². The third-order valence-electron chi connectivity index (χ3n) is 6.03. The van der Waals surface area contributed by atoms with E-state index in [1.54, 1.807) is 19.5 Å². The largest absolute Gasteiger partial charge is 0.493 e. The number of pyridine rings is 1. The topological polar surface area (TPSA) is 49.2 Å². The summed E-state index contributed by atoms with van der Waals surface area (Å²) in [7, 11) is 1.69. The zero-order chi connectivity index (χ0) is 21.9. The highest BCUT2D eigenvalue weighted by Crippen LogP contribution is 2.33. The lowest BCUT2D eigenvalue weighted by molar-refractivity contribution is 0.201. The molecule has 1 aliphatic carbocycles. The van der Waals surface area contributed by atoms with Crippen LogP contribution in [0.1, 0.15) is 42.6 Å². The molecule has 0 radical (unpaired) electrons. The first-order valence-corrected chi connectivity index (χ1v) is 11.1. The number of fused-ring (bicyclic) bond motifs is 1. The van der Waals surface area contributed by atoms with Gasteiger partial charge in [0.2, 0.25) is 0 Å². The van der Waals surface area contributed by atoms with Crippen molar-refractivity contribution in [2.24, 2.45) is 0 Å². The van der Waals surface area contributed by atoms with Gasteiger partial charge in [-0.1, -0.05) is 30.4 Å². The number of ether oxygens (including phenoxy) is 2. The summed E-state index contributed by atoms with van der Waals surface area (Å²) in [5.74, 6) is 2.56. The molecule has 0 aliphatic heterocycles. The van der Waals surface area contributed by atoms with Gasteiger partial charge in [0.1, 0.15) is 11.3 Å². The molecule has 0 saturated heterocycles. The fourth-order valence-corrected chi connectivity index (χ4v) is 4.38. The minimum Gasteiger partial charge on any atom is -0.493 e. The molecule has 32 heavy (non-hydrogen) atoms. The number of aromatic nitrogens is 3. The predicted octanol–water partition coefficient (Wildman–Crippen LogP) is 6.23. The third kappa shape index (κ3) is 4.11. The highest BCUT2D eigenvalue weighted by atomic mass is 16.5. The van der Waals surface area contributed by atoms with E-state index in [9.17, 15) is 0 Å². The number of hydrogen-bond acceptors (Lipinski definition) is 4. The molecular weight excluding hydrogens is 398 g/mol. The number of methoxy groups -OCH3 is 1. The van der Waals surface area contributed by atoms with Gasteiger partial charge in [0.05, 0.1) is 24.9 Å². The van der Waals surface area contributed by atoms with Gasteiger partial charge in [-0.3, -0.25) is 9.55 Å². The first kappa shape index (κ1) is 20.3. The number of nitrogens with zero attached hydrogens (tertiary/aromatic N) is 3. The van der Waals surface area contributed by atoms with Crippen LogP contribution in [0.5, 0.6) is 11.5 Å². The van der Waals surface area contributed by atoms with Crippen molar-refractivity contribution in [3.05, 3.63) is 77.9 Å². The molecule has 0 N–H and O–H groups in total.